The van der Waals surface area contributed by atoms with E-state index in [9.17, 15) is 13.2 Å². The number of ether oxygens (including phenoxy) is 1. The van der Waals surface area contributed by atoms with E-state index in [0.717, 1.165) is 5.56 Å². The molecular weight excluding hydrogens is 376 g/mol. The highest BCUT2D eigenvalue weighted by Gasteiger charge is 2.27. The number of hydrogen-bond acceptors (Lipinski definition) is 4. The van der Waals surface area contributed by atoms with Crippen LogP contribution in [0.5, 0.6) is 5.75 Å². The average molecular weight is 403 g/mol. The van der Waals surface area contributed by atoms with Crippen LogP contribution in [0.25, 0.3) is 0 Å². The van der Waals surface area contributed by atoms with Crippen LogP contribution in [0.15, 0.2) is 53.4 Å². The number of nitrogens with one attached hydrogen (secondary N) is 1. The van der Waals surface area contributed by atoms with Gasteiger partial charge in [-0.15, -0.1) is 0 Å². The molecule has 7 heteroatoms. The van der Waals surface area contributed by atoms with Crippen molar-refractivity contribution in [1.82, 2.24) is 9.62 Å². The summed E-state index contributed by atoms with van der Waals surface area (Å²) in [5, 5.41) is 0. The molecular formula is C21H26N2O4S. The first kappa shape index (κ1) is 20.4. The molecule has 0 spiro atoms. The van der Waals surface area contributed by atoms with Crippen molar-refractivity contribution >= 4 is 15.9 Å². The molecule has 150 valence electrons. The second-order valence-electron chi connectivity index (χ2n) is 6.91. The lowest BCUT2D eigenvalue weighted by Crippen LogP contribution is -2.46. The van der Waals surface area contributed by atoms with E-state index in [2.05, 4.69) is 4.72 Å². The fraction of sp³-hybridized carbons (Fsp3) is 0.381. The summed E-state index contributed by atoms with van der Waals surface area (Å²) in [5.41, 5.74) is 1.65. The number of amides is 1. The predicted octanol–water partition coefficient (Wildman–Crippen LogP) is 2.98. The van der Waals surface area contributed by atoms with Crippen LogP contribution < -0.4 is 9.46 Å². The van der Waals surface area contributed by atoms with Gasteiger partial charge in [-0.25, -0.2) is 13.1 Å². The number of sulfonamides is 1. The largest absolute Gasteiger partial charge is 0.494 e. The Morgan fingerprint density at radius 1 is 1.11 bits per heavy atom. The van der Waals surface area contributed by atoms with E-state index in [1.165, 1.54) is 0 Å². The number of rotatable bonds is 6. The van der Waals surface area contributed by atoms with E-state index in [4.69, 9.17) is 4.74 Å². The molecule has 2 aromatic carbocycles. The lowest BCUT2D eigenvalue weighted by atomic mass is 10.0. The van der Waals surface area contributed by atoms with Gasteiger partial charge in [0, 0.05) is 24.7 Å². The minimum absolute atomic E-state index is 0.00548. The average Bonchev–Trinajstić information content (AvgIpc) is 2.69. The molecule has 1 heterocycles. The van der Waals surface area contributed by atoms with Gasteiger partial charge in [0.2, 0.25) is 10.0 Å². The molecule has 28 heavy (non-hydrogen) atoms. The molecule has 1 fully saturated rings. The maximum Gasteiger partial charge on any atom is 0.254 e. The van der Waals surface area contributed by atoms with Crippen LogP contribution in [0.4, 0.5) is 0 Å². The van der Waals surface area contributed by atoms with Crippen molar-refractivity contribution in [3.05, 3.63) is 59.7 Å². The molecule has 0 atom stereocenters. The zero-order chi connectivity index (χ0) is 20.1. The van der Waals surface area contributed by atoms with Gasteiger partial charge >= 0.3 is 0 Å². The van der Waals surface area contributed by atoms with Gasteiger partial charge in [-0.3, -0.25) is 4.79 Å². The number of benzene rings is 2. The van der Waals surface area contributed by atoms with Gasteiger partial charge in [-0.05, 0) is 62.6 Å². The highest BCUT2D eigenvalue weighted by Crippen LogP contribution is 2.20. The smallest absolute Gasteiger partial charge is 0.254 e. The molecule has 1 saturated heterocycles. The van der Waals surface area contributed by atoms with Crippen molar-refractivity contribution < 1.29 is 17.9 Å². The molecule has 0 saturated carbocycles. The van der Waals surface area contributed by atoms with E-state index < -0.39 is 10.0 Å². The van der Waals surface area contributed by atoms with E-state index in [-0.39, 0.29) is 16.8 Å². The first-order valence-corrected chi connectivity index (χ1v) is 11.0. The standard InChI is InChI=1S/C21H26N2O4S/c1-3-27-18-8-10-19(11-9-18)28(25,26)22-17-12-14-23(15-13-17)21(24)20-7-5-4-6-16(20)2/h4-11,17,22H,3,12-15H2,1-2H3. The minimum atomic E-state index is -3.60. The van der Waals surface area contributed by atoms with Gasteiger partial charge < -0.3 is 9.64 Å². The van der Waals surface area contributed by atoms with Gasteiger partial charge in [-0.1, -0.05) is 18.2 Å². The number of nitrogens with zero attached hydrogens (tertiary/aromatic N) is 1. The summed E-state index contributed by atoms with van der Waals surface area (Å²) in [5.74, 6) is 0.649. The lowest BCUT2D eigenvalue weighted by Gasteiger charge is -2.32. The molecule has 3 rings (SSSR count). The maximum absolute atomic E-state index is 12.7. The highest BCUT2D eigenvalue weighted by molar-refractivity contribution is 7.89. The lowest BCUT2D eigenvalue weighted by molar-refractivity contribution is 0.0710. The van der Waals surface area contributed by atoms with Gasteiger partial charge in [0.15, 0.2) is 0 Å². The summed E-state index contributed by atoms with van der Waals surface area (Å²) in [6.45, 7) is 5.39. The summed E-state index contributed by atoms with van der Waals surface area (Å²) in [4.78, 5) is 14.7. The second-order valence-corrected chi connectivity index (χ2v) is 8.62. The first-order valence-electron chi connectivity index (χ1n) is 9.51. The molecule has 1 aliphatic rings. The highest BCUT2D eigenvalue weighted by atomic mass is 32.2. The van der Waals surface area contributed by atoms with Crippen LogP contribution in [0.3, 0.4) is 0 Å². The Hall–Kier alpha value is -2.38. The normalized spacial score (nSPS) is 15.4. The van der Waals surface area contributed by atoms with E-state index in [1.54, 1.807) is 29.2 Å². The third-order valence-electron chi connectivity index (χ3n) is 4.92. The van der Waals surface area contributed by atoms with E-state index >= 15 is 0 Å². The third-order valence-corrected chi connectivity index (χ3v) is 6.46. The van der Waals surface area contributed by atoms with Crippen LogP contribution in [0, 0.1) is 6.92 Å². The monoisotopic (exact) mass is 402 g/mol. The maximum atomic E-state index is 12.7. The Labute approximate surface area is 166 Å². The number of hydrogen-bond donors (Lipinski definition) is 1. The number of likely N-dealkylation sites (tertiary alicyclic amines) is 1. The van der Waals surface area contributed by atoms with Crippen LogP contribution >= 0.6 is 0 Å². The molecule has 1 N–H and O–H groups in total. The Kier molecular flexibility index (Phi) is 6.36. The summed E-state index contributed by atoms with van der Waals surface area (Å²) < 4.78 is 33.4. The minimum Gasteiger partial charge on any atom is -0.494 e. The third kappa shape index (κ3) is 4.72. The second kappa shape index (κ2) is 8.75. The van der Waals surface area contributed by atoms with Crippen LogP contribution in [0.2, 0.25) is 0 Å². The van der Waals surface area contributed by atoms with Gasteiger partial charge in [-0.2, -0.15) is 0 Å². The quantitative estimate of drug-likeness (QED) is 0.806. The Balaban J connectivity index is 1.59. The molecule has 2 aromatic rings. The number of aryl methyl sites for hydroxylation is 1. The Bertz CT molecular complexity index is 918. The van der Waals surface area contributed by atoms with Crippen molar-refractivity contribution in [1.29, 1.82) is 0 Å². The van der Waals surface area contributed by atoms with Crippen molar-refractivity contribution in [2.75, 3.05) is 19.7 Å². The first-order chi connectivity index (χ1) is 13.4. The number of carbonyl (C=O) groups excluding carboxylic acids is 1. The van der Waals surface area contributed by atoms with Crippen molar-refractivity contribution in [3.63, 3.8) is 0 Å². The summed E-state index contributed by atoms with van der Waals surface area (Å²) in [6.07, 6.45) is 1.18. The molecule has 0 aliphatic carbocycles. The topological polar surface area (TPSA) is 75.7 Å². The van der Waals surface area contributed by atoms with Crippen molar-refractivity contribution in [3.8, 4) is 5.75 Å². The van der Waals surface area contributed by atoms with Gasteiger partial charge in [0.05, 0.1) is 11.5 Å². The van der Waals surface area contributed by atoms with E-state index in [1.807, 2.05) is 38.1 Å². The van der Waals surface area contributed by atoms with Crippen molar-refractivity contribution in [2.45, 2.75) is 37.6 Å². The van der Waals surface area contributed by atoms with Crippen LogP contribution in [-0.4, -0.2) is 45.0 Å². The number of carbonyl (C=O) groups is 1. The fourth-order valence-electron chi connectivity index (χ4n) is 3.35. The zero-order valence-corrected chi connectivity index (χ0v) is 17.0. The number of piperidine rings is 1. The van der Waals surface area contributed by atoms with Gasteiger partial charge in [0.25, 0.3) is 5.91 Å². The molecule has 1 amide bonds. The molecule has 0 radical (unpaired) electrons. The van der Waals surface area contributed by atoms with Crippen LogP contribution in [0.1, 0.15) is 35.7 Å². The summed E-state index contributed by atoms with van der Waals surface area (Å²) in [6, 6.07) is 13.7. The SMILES string of the molecule is CCOc1ccc(S(=O)(=O)NC2CCN(C(=O)c3ccccc3C)CC2)cc1. The molecule has 6 nitrogen and oxygen atoms in total. The Morgan fingerprint density at radius 3 is 2.36 bits per heavy atom. The molecule has 0 bridgehead atoms. The summed E-state index contributed by atoms with van der Waals surface area (Å²) >= 11 is 0. The predicted molar refractivity (Wildman–Crippen MR) is 108 cm³/mol. The van der Waals surface area contributed by atoms with E-state index in [0.29, 0.717) is 43.9 Å². The Morgan fingerprint density at radius 2 is 1.75 bits per heavy atom. The van der Waals surface area contributed by atoms with Crippen molar-refractivity contribution in [2.24, 2.45) is 0 Å². The fourth-order valence-corrected chi connectivity index (χ4v) is 4.66. The van der Waals surface area contributed by atoms with Gasteiger partial charge in [0.1, 0.15) is 5.75 Å². The molecule has 0 aromatic heterocycles. The van der Waals surface area contributed by atoms with Crippen LogP contribution in [-0.2, 0) is 10.0 Å². The zero-order valence-electron chi connectivity index (χ0n) is 16.2. The molecule has 0 unspecified atom stereocenters. The summed E-state index contributed by atoms with van der Waals surface area (Å²) in [7, 11) is -3.60. The molecule has 1 aliphatic heterocycles.